The summed E-state index contributed by atoms with van der Waals surface area (Å²) in [7, 11) is -0.698. The summed E-state index contributed by atoms with van der Waals surface area (Å²) in [6, 6.07) is 7.11. The average molecular weight is 397 g/mol. The molecular weight excluding hydrogens is 376 g/mol. The quantitative estimate of drug-likeness (QED) is 0.840. The Morgan fingerprint density at radius 3 is 2.41 bits per heavy atom. The van der Waals surface area contributed by atoms with E-state index in [1.807, 2.05) is 7.05 Å². The van der Waals surface area contributed by atoms with E-state index in [2.05, 4.69) is 14.5 Å². The third-order valence-electron chi connectivity index (χ3n) is 4.46. The molecule has 0 bridgehead atoms. The standard InChI is InChI=1S/C18H21F2N3O3S/c1-22-7-9-23(10-8-22)16-12-14(4-6-17(16)26-2)21-27(24,25)18-11-13(19)3-5-15(18)20/h3-6,11-12,21H,7-10H2,1-2H3. The molecule has 146 valence electrons. The third kappa shape index (κ3) is 4.30. The first kappa shape index (κ1) is 19.4. The van der Waals surface area contributed by atoms with Gasteiger partial charge in [-0.1, -0.05) is 0 Å². The number of likely N-dealkylation sites (N-methyl/N-ethyl adjacent to an activating group) is 1. The molecule has 1 aliphatic rings. The second-order valence-electron chi connectivity index (χ2n) is 6.36. The van der Waals surface area contributed by atoms with Gasteiger partial charge >= 0.3 is 0 Å². The Morgan fingerprint density at radius 1 is 1.04 bits per heavy atom. The fourth-order valence-corrected chi connectivity index (χ4v) is 4.08. The van der Waals surface area contributed by atoms with Gasteiger partial charge in [0.05, 0.1) is 18.5 Å². The lowest BCUT2D eigenvalue weighted by Gasteiger charge is -2.35. The van der Waals surface area contributed by atoms with Crippen molar-refractivity contribution in [1.82, 2.24) is 4.90 Å². The van der Waals surface area contributed by atoms with Gasteiger partial charge in [0.25, 0.3) is 10.0 Å². The minimum atomic E-state index is -4.27. The smallest absolute Gasteiger partial charge is 0.264 e. The number of halogens is 2. The maximum absolute atomic E-state index is 13.9. The first-order valence-electron chi connectivity index (χ1n) is 8.39. The molecule has 2 aromatic carbocycles. The molecule has 0 aliphatic carbocycles. The van der Waals surface area contributed by atoms with Crippen molar-refractivity contribution in [2.24, 2.45) is 0 Å². The predicted molar refractivity (Wildman–Crippen MR) is 99.9 cm³/mol. The molecule has 6 nitrogen and oxygen atoms in total. The number of sulfonamides is 1. The van der Waals surface area contributed by atoms with E-state index in [9.17, 15) is 17.2 Å². The molecule has 3 rings (SSSR count). The van der Waals surface area contributed by atoms with Crippen molar-refractivity contribution in [2.75, 3.05) is 50.0 Å². The van der Waals surface area contributed by atoms with E-state index in [-0.39, 0.29) is 5.69 Å². The zero-order chi connectivity index (χ0) is 19.6. The fraction of sp³-hybridized carbons (Fsp3) is 0.333. The van der Waals surface area contributed by atoms with Crippen LogP contribution in [0.1, 0.15) is 0 Å². The lowest BCUT2D eigenvalue weighted by molar-refractivity contribution is 0.311. The van der Waals surface area contributed by atoms with Crippen LogP contribution in [0.15, 0.2) is 41.3 Å². The van der Waals surface area contributed by atoms with Crippen LogP contribution in [-0.4, -0.2) is 53.7 Å². The van der Waals surface area contributed by atoms with Gasteiger partial charge in [-0.05, 0) is 43.4 Å². The molecule has 0 saturated carbocycles. The zero-order valence-electron chi connectivity index (χ0n) is 15.1. The summed E-state index contributed by atoms with van der Waals surface area (Å²) < 4.78 is 59.9. The van der Waals surface area contributed by atoms with Crippen LogP contribution in [0.4, 0.5) is 20.2 Å². The number of anilines is 2. The summed E-state index contributed by atoms with van der Waals surface area (Å²) in [6.07, 6.45) is 0. The van der Waals surface area contributed by atoms with E-state index in [0.29, 0.717) is 11.8 Å². The Morgan fingerprint density at radius 2 is 1.74 bits per heavy atom. The molecule has 0 spiro atoms. The first-order valence-corrected chi connectivity index (χ1v) is 9.88. The molecule has 0 aromatic heterocycles. The number of benzene rings is 2. The average Bonchev–Trinajstić information content (AvgIpc) is 2.64. The fourth-order valence-electron chi connectivity index (χ4n) is 2.94. The maximum atomic E-state index is 13.9. The van der Waals surface area contributed by atoms with Gasteiger partial charge in [-0.25, -0.2) is 17.2 Å². The first-order chi connectivity index (χ1) is 12.8. The highest BCUT2D eigenvalue weighted by Gasteiger charge is 2.22. The van der Waals surface area contributed by atoms with Crippen molar-refractivity contribution in [3.8, 4) is 5.75 Å². The molecule has 1 heterocycles. The Kier molecular flexibility index (Phi) is 5.52. The summed E-state index contributed by atoms with van der Waals surface area (Å²) in [5, 5.41) is 0. The monoisotopic (exact) mass is 397 g/mol. The summed E-state index contributed by atoms with van der Waals surface area (Å²) >= 11 is 0. The Labute approximate surface area is 157 Å². The largest absolute Gasteiger partial charge is 0.495 e. The Hall–Kier alpha value is -2.39. The van der Waals surface area contributed by atoms with Crippen LogP contribution in [0.5, 0.6) is 5.75 Å². The van der Waals surface area contributed by atoms with Crippen LogP contribution in [0, 0.1) is 11.6 Å². The van der Waals surface area contributed by atoms with Crippen molar-refractivity contribution >= 4 is 21.4 Å². The molecule has 1 aliphatic heterocycles. The highest BCUT2D eigenvalue weighted by atomic mass is 32.2. The molecule has 0 unspecified atom stereocenters. The van der Waals surface area contributed by atoms with Crippen LogP contribution >= 0.6 is 0 Å². The molecule has 27 heavy (non-hydrogen) atoms. The van der Waals surface area contributed by atoms with Gasteiger partial charge < -0.3 is 14.5 Å². The number of ether oxygens (including phenoxy) is 1. The lowest BCUT2D eigenvalue weighted by Crippen LogP contribution is -2.44. The van der Waals surface area contributed by atoms with Gasteiger partial charge in [0.15, 0.2) is 0 Å². The van der Waals surface area contributed by atoms with Crippen molar-refractivity contribution < 1.29 is 21.9 Å². The van der Waals surface area contributed by atoms with Gasteiger partial charge in [0, 0.05) is 26.2 Å². The molecule has 1 saturated heterocycles. The molecule has 1 fully saturated rings. The van der Waals surface area contributed by atoms with Gasteiger partial charge in [0.1, 0.15) is 22.3 Å². The maximum Gasteiger partial charge on any atom is 0.264 e. The molecule has 9 heteroatoms. The van der Waals surface area contributed by atoms with E-state index in [4.69, 9.17) is 4.74 Å². The van der Waals surface area contributed by atoms with Crippen molar-refractivity contribution in [2.45, 2.75) is 4.90 Å². The summed E-state index contributed by atoms with van der Waals surface area (Å²) in [5.41, 5.74) is 0.985. The van der Waals surface area contributed by atoms with Crippen molar-refractivity contribution in [3.63, 3.8) is 0 Å². The number of rotatable bonds is 5. The van der Waals surface area contributed by atoms with Crippen LogP contribution in [0.25, 0.3) is 0 Å². The Bertz CT molecular complexity index is 929. The predicted octanol–water partition coefficient (Wildman–Crippen LogP) is 2.53. The van der Waals surface area contributed by atoms with E-state index < -0.39 is 26.6 Å². The minimum Gasteiger partial charge on any atom is -0.495 e. The summed E-state index contributed by atoms with van der Waals surface area (Å²) in [4.78, 5) is 3.56. The van der Waals surface area contributed by atoms with E-state index >= 15 is 0 Å². The van der Waals surface area contributed by atoms with E-state index in [1.165, 1.54) is 6.07 Å². The summed E-state index contributed by atoms with van der Waals surface area (Å²) in [5.74, 6) is -1.24. The number of hydrogen-bond acceptors (Lipinski definition) is 5. The highest BCUT2D eigenvalue weighted by Crippen LogP contribution is 2.33. The Balaban J connectivity index is 1.91. The number of nitrogens with one attached hydrogen (secondary N) is 1. The SMILES string of the molecule is COc1ccc(NS(=O)(=O)c2cc(F)ccc2F)cc1N1CCN(C)CC1. The number of piperazine rings is 1. The molecule has 0 amide bonds. The van der Waals surface area contributed by atoms with Gasteiger partial charge in [0.2, 0.25) is 0 Å². The molecule has 0 atom stereocenters. The van der Waals surface area contributed by atoms with E-state index in [1.54, 1.807) is 19.2 Å². The third-order valence-corrected chi connectivity index (χ3v) is 5.85. The van der Waals surface area contributed by atoms with Crippen LogP contribution < -0.4 is 14.4 Å². The van der Waals surface area contributed by atoms with Gasteiger partial charge in [-0.3, -0.25) is 4.72 Å². The van der Waals surface area contributed by atoms with Crippen LogP contribution in [0.3, 0.4) is 0 Å². The summed E-state index contributed by atoms with van der Waals surface area (Å²) in [6.45, 7) is 3.27. The number of methoxy groups -OCH3 is 1. The van der Waals surface area contributed by atoms with Gasteiger partial charge in [-0.2, -0.15) is 0 Å². The minimum absolute atomic E-state index is 0.244. The zero-order valence-corrected chi connectivity index (χ0v) is 15.9. The highest BCUT2D eigenvalue weighted by molar-refractivity contribution is 7.92. The molecule has 0 radical (unpaired) electrons. The topological polar surface area (TPSA) is 61.9 Å². The molecule has 2 aromatic rings. The van der Waals surface area contributed by atoms with Gasteiger partial charge in [-0.15, -0.1) is 0 Å². The second-order valence-corrected chi connectivity index (χ2v) is 8.01. The molecular formula is C18H21F2N3O3S. The molecule has 1 N–H and O–H groups in total. The van der Waals surface area contributed by atoms with Crippen molar-refractivity contribution in [3.05, 3.63) is 48.0 Å². The van der Waals surface area contributed by atoms with Crippen molar-refractivity contribution in [1.29, 1.82) is 0 Å². The number of nitrogens with zero attached hydrogens (tertiary/aromatic N) is 2. The van der Waals surface area contributed by atoms with Crippen LogP contribution in [0.2, 0.25) is 0 Å². The van der Waals surface area contributed by atoms with Crippen LogP contribution in [-0.2, 0) is 10.0 Å². The van der Waals surface area contributed by atoms with E-state index in [0.717, 1.165) is 44.0 Å². The lowest BCUT2D eigenvalue weighted by atomic mass is 10.2. The second kappa shape index (κ2) is 7.69. The normalized spacial score (nSPS) is 15.6. The number of hydrogen-bond donors (Lipinski definition) is 1.